The predicted octanol–water partition coefficient (Wildman–Crippen LogP) is 4.36. The highest BCUT2D eigenvalue weighted by molar-refractivity contribution is 6.42. The van der Waals surface area contributed by atoms with Crippen molar-refractivity contribution in [1.29, 1.82) is 0 Å². The maximum absolute atomic E-state index is 6.00. The molecule has 1 N–H and O–H groups in total. The summed E-state index contributed by atoms with van der Waals surface area (Å²) in [5, 5.41) is 8.42. The lowest BCUT2D eigenvalue weighted by atomic mass is 10.2. The van der Waals surface area contributed by atoms with Gasteiger partial charge < -0.3 is 9.84 Å². The second-order valence-electron chi connectivity index (χ2n) is 5.03. The van der Waals surface area contributed by atoms with E-state index in [2.05, 4.69) is 29.3 Å². The van der Waals surface area contributed by atoms with E-state index >= 15 is 0 Å². The average Bonchev–Trinajstić information content (AvgIpc) is 2.94. The number of hydrogen-bond acceptors (Lipinski definition) is 4. The molecule has 2 aromatic rings. The van der Waals surface area contributed by atoms with Gasteiger partial charge in [-0.2, -0.15) is 4.98 Å². The number of nitrogens with zero attached hydrogens (tertiary/aromatic N) is 2. The Hall–Kier alpha value is -1.10. The standard InChI is InChI=1S/C15H19Cl2N3O/c1-3-8-18-10(2)4-7-14-19-15(20-21-14)11-5-6-12(16)13(17)9-11/h5-6,9-10,18H,3-4,7-8H2,1-2H3. The fraction of sp³-hybridized carbons (Fsp3) is 0.467. The molecule has 0 radical (unpaired) electrons. The van der Waals surface area contributed by atoms with Crippen LogP contribution in [0.5, 0.6) is 0 Å². The van der Waals surface area contributed by atoms with Crippen LogP contribution in [0.2, 0.25) is 10.0 Å². The molecule has 0 fully saturated rings. The summed E-state index contributed by atoms with van der Waals surface area (Å²) in [5.74, 6) is 1.18. The number of rotatable bonds is 7. The van der Waals surface area contributed by atoms with Crippen LogP contribution in [0.1, 0.15) is 32.6 Å². The maximum Gasteiger partial charge on any atom is 0.227 e. The summed E-state index contributed by atoms with van der Waals surface area (Å²) < 4.78 is 5.28. The summed E-state index contributed by atoms with van der Waals surface area (Å²) in [6, 6.07) is 5.73. The number of aryl methyl sites for hydroxylation is 1. The Bertz CT molecular complexity index is 586. The van der Waals surface area contributed by atoms with Gasteiger partial charge in [-0.1, -0.05) is 35.3 Å². The van der Waals surface area contributed by atoms with Crippen LogP contribution in [0.3, 0.4) is 0 Å². The fourth-order valence-corrected chi connectivity index (χ4v) is 2.24. The molecule has 0 saturated heterocycles. The highest BCUT2D eigenvalue weighted by atomic mass is 35.5. The van der Waals surface area contributed by atoms with Crippen molar-refractivity contribution < 1.29 is 4.52 Å². The molecular weight excluding hydrogens is 309 g/mol. The average molecular weight is 328 g/mol. The molecule has 0 saturated carbocycles. The van der Waals surface area contributed by atoms with Gasteiger partial charge in [0.05, 0.1) is 10.0 Å². The molecular formula is C15H19Cl2N3O. The number of aromatic nitrogens is 2. The van der Waals surface area contributed by atoms with E-state index in [-0.39, 0.29) is 0 Å². The van der Waals surface area contributed by atoms with Crippen molar-refractivity contribution in [3.05, 3.63) is 34.1 Å². The Morgan fingerprint density at radius 1 is 1.29 bits per heavy atom. The molecule has 21 heavy (non-hydrogen) atoms. The van der Waals surface area contributed by atoms with Gasteiger partial charge in [0.25, 0.3) is 0 Å². The van der Waals surface area contributed by atoms with E-state index in [0.717, 1.165) is 31.4 Å². The number of halogens is 2. The third-order valence-electron chi connectivity index (χ3n) is 3.18. The van der Waals surface area contributed by atoms with Crippen molar-refractivity contribution in [3.8, 4) is 11.4 Å². The van der Waals surface area contributed by atoms with Gasteiger partial charge in [-0.05, 0) is 44.5 Å². The van der Waals surface area contributed by atoms with Gasteiger partial charge in [-0.25, -0.2) is 0 Å². The van der Waals surface area contributed by atoms with Crippen LogP contribution >= 0.6 is 23.2 Å². The monoisotopic (exact) mass is 327 g/mol. The fourth-order valence-electron chi connectivity index (χ4n) is 1.94. The quantitative estimate of drug-likeness (QED) is 0.820. The number of hydrogen-bond donors (Lipinski definition) is 1. The number of nitrogens with one attached hydrogen (secondary N) is 1. The van der Waals surface area contributed by atoms with Gasteiger partial charge in [-0.15, -0.1) is 0 Å². The first kappa shape index (κ1) is 16.3. The van der Waals surface area contributed by atoms with Crippen LogP contribution in [0.25, 0.3) is 11.4 Å². The van der Waals surface area contributed by atoms with E-state index in [0.29, 0.717) is 27.8 Å². The molecule has 0 aliphatic heterocycles. The Balaban J connectivity index is 1.96. The summed E-state index contributed by atoms with van der Waals surface area (Å²) in [4.78, 5) is 4.40. The van der Waals surface area contributed by atoms with Crippen LogP contribution < -0.4 is 5.32 Å². The number of benzene rings is 1. The molecule has 1 heterocycles. The lowest BCUT2D eigenvalue weighted by Gasteiger charge is -2.10. The normalized spacial score (nSPS) is 12.6. The molecule has 0 spiro atoms. The molecule has 6 heteroatoms. The molecule has 4 nitrogen and oxygen atoms in total. The topological polar surface area (TPSA) is 51.0 Å². The predicted molar refractivity (Wildman–Crippen MR) is 85.8 cm³/mol. The lowest BCUT2D eigenvalue weighted by molar-refractivity contribution is 0.367. The van der Waals surface area contributed by atoms with Crippen molar-refractivity contribution >= 4 is 23.2 Å². The Kier molecular flexibility index (Phi) is 6.03. The first-order valence-electron chi connectivity index (χ1n) is 7.11. The molecule has 0 amide bonds. The largest absolute Gasteiger partial charge is 0.339 e. The maximum atomic E-state index is 6.00. The second-order valence-corrected chi connectivity index (χ2v) is 5.85. The van der Waals surface area contributed by atoms with Gasteiger partial charge >= 0.3 is 0 Å². The SMILES string of the molecule is CCCNC(C)CCc1nc(-c2ccc(Cl)c(Cl)c2)no1. The van der Waals surface area contributed by atoms with Crippen LogP contribution in [0.15, 0.2) is 22.7 Å². The molecule has 1 aromatic carbocycles. The Labute approximate surface area is 134 Å². The van der Waals surface area contributed by atoms with Crippen molar-refractivity contribution in [2.75, 3.05) is 6.54 Å². The highest BCUT2D eigenvalue weighted by Gasteiger charge is 2.11. The molecule has 1 atom stereocenters. The van der Waals surface area contributed by atoms with E-state index < -0.39 is 0 Å². The van der Waals surface area contributed by atoms with Crippen molar-refractivity contribution in [2.45, 2.75) is 39.2 Å². The molecule has 2 rings (SSSR count). The van der Waals surface area contributed by atoms with Gasteiger partial charge in [0, 0.05) is 18.0 Å². The molecule has 0 aliphatic carbocycles. The first-order valence-corrected chi connectivity index (χ1v) is 7.87. The van der Waals surface area contributed by atoms with Crippen LogP contribution in [0, 0.1) is 0 Å². The van der Waals surface area contributed by atoms with Crippen LogP contribution in [-0.2, 0) is 6.42 Å². The minimum Gasteiger partial charge on any atom is -0.339 e. The van der Waals surface area contributed by atoms with E-state index in [4.69, 9.17) is 27.7 Å². The van der Waals surface area contributed by atoms with E-state index in [1.165, 1.54) is 0 Å². The van der Waals surface area contributed by atoms with Crippen molar-refractivity contribution in [2.24, 2.45) is 0 Å². The summed E-state index contributed by atoms with van der Waals surface area (Å²) in [7, 11) is 0. The minimum atomic E-state index is 0.435. The minimum absolute atomic E-state index is 0.435. The van der Waals surface area contributed by atoms with Crippen LogP contribution in [0.4, 0.5) is 0 Å². The van der Waals surface area contributed by atoms with Gasteiger partial charge in [0.1, 0.15) is 0 Å². The summed E-state index contributed by atoms with van der Waals surface area (Å²) in [5.41, 5.74) is 0.802. The third-order valence-corrected chi connectivity index (χ3v) is 3.92. The molecule has 1 unspecified atom stereocenters. The van der Waals surface area contributed by atoms with Gasteiger partial charge in [0.2, 0.25) is 11.7 Å². The van der Waals surface area contributed by atoms with Gasteiger partial charge in [-0.3, -0.25) is 0 Å². The Morgan fingerprint density at radius 3 is 2.81 bits per heavy atom. The summed E-state index contributed by atoms with van der Waals surface area (Å²) in [6.07, 6.45) is 2.85. The highest BCUT2D eigenvalue weighted by Crippen LogP contribution is 2.27. The zero-order valence-electron chi connectivity index (χ0n) is 12.2. The molecule has 0 aliphatic rings. The van der Waals surface area contributed by atoms with E-state index in [9.17, 15) is 0 Å². The zero-order valence-corrected chi connectivity index (χ0v) is 13.7. The van der Waals surface area contributed by atoms with E-state index in [1.807, 2.05) is 6.07 Å². The van der Waals surface area contributed by atoms with Crippen molar-refractivity contribution in [1.82, 2.24) is 15.5 Å². The van der Waals surface area contributed by atoms with Gasteiger partial charge in [0.15, 0.2) is 0 Å². The van der Waals surface area contributed by atoms with E-state index in [1.54, 1.807) is 12.1 Å². The molecule has 1 aromatic heterocycles. The van der Waals surface area contributed by atoms with Crippen LogP contribution in [-0.4, -0.2) is 22.7 Å². The zero-order chi connectivity index (χ0) is 15.2. The summed E-state index contributed by atoms with van der Waals surface area (Å²) >= 11 is 11.9. The molecule has 114 valence electrons. The van der Waals surface area contributed by atoms with Crippen molar-refractivity contribution in [3.63, 3.8) is 0 Å². The molecule has 0 bridgehead atoms. The first-order chi connectivity index (χ1) is 10.1. The second kappa shape index (κ2) is 7.78. The Morgan fingerprint density at radius 2 is 2.10 bits per heavy atom. The third kappa shape index (κ3) is 4.70. The summed E-state index contributed by atoms with van der Waals surface area (Å²) in [6.45, 7) is 5.34. The lowest BCUT2D eigenvalue weighted by Crippen LogP contribution is -2.27. The smallest absolute Gasteiger partial charge is 0.227 e.